The Morgan fingerprint density at radius 2 is 0.852 bits per heavy atom. The van der Waals surface area contributed by atoms with Crippen molar-refractivity contribution in [3.8, 4) is 0 Å². The van der Waals surface area contributed by atoms with Crippen LogP contribution in [-0.2, 0) is 39.0 Å². The van der Waals surface area contributed by atoms with Gasteiger partial charge in [-0.3, -0.25) is 0 Å². The fourth-order valence-electron chi connectivity index (χ4n) is 3.95. The van der Waals surface area contributed by atoms with Crippen molar-refractivity contribution in [2.75, 3.05) is 0 Å². The van der Waals surface area contributed by atoms with Crippen LogP contribution in [0.2, 0.25) is 0 Å². The van der Waals surface area contributed by atoms with E-state index in [0.29, 0.717) is 0 Å². The summed E-state index contributed by atoms with van der Waals surface area (Å²) in [4.78, 5) is 0. The van der Waals surface area contributed by atoms with Crippen molar-refractivity contribution >= 4 is 23.3 Å². The topological polar surface area (TPSA) is 0 Å². The Kier molecular flexibility index (Phi) is 7.46. The standard InChI is InChI=1S/C24H18.2ClH.Zr/c1-2-8-18-14-21(13-17(18)7-1)23-11-5-6-12-24(23)22-15-19-9-3-4-10-20(19)16-22;;;/h1-13,15H,14,16H2;2*1H;/q;;;+2/p-2. The second kappa shape index (κ2) is 9.20. The van der Waals surface area contributed by atoms with Crippen LogP contribution in [0.1, 0.15) is 33.4 Å². The zero-order chi connectivity index (χ0) is 15.9. The van der Waals surface area contributed by atoms with E-state index in [1.807, 2.05) is 0 Å². The van der Waals surface area contributed by atoms with Gasteiger partial charge in [0.1, 0.15) is 0 Å². The summed E-state index contributed by atoms with van der Waals surface area (Å²) < 4.78 is 0. The Morgan fingerprint density at radius 3 is 1.26 bits per heavy atom. The minimum absolute atomic E-state index is 0. The van der Waals surface area contributed by atoms with Gasteiger partial charge >= 0.3 is 26.2 Å². The van der Waals surface area contributed by atoms with Crippen LogP contribution in [0.4, 0.5) is 0 Å². The first-order valence-corrected chi connectivity index (χ1v) is 8.55. The summed E-state index contributed by atoms with van der Waals surface area (Å²) in [6, 6.07) is 26.3. The Labute approximate surface area is 192 Å². The van der Waals surface area contributed by atoms with Gasteiger partial charge in [0.15, 0.2) is 0 Å². The van der Waals surface area contributed by atoms with Crippen molar-refractivity contribution in [1.29, 1.82) is 0 Å². The van der Waals surface area contributed by atoms with Gasteiger partial charge in [0.2, 0.25) is 0 Å². The molecule has 0 atom stereocenters. The summed E-state index contributed by atoms with van der Waals surface area (Å²) in [6.45, 7) is 0. The molecule has 0 fully saturated rings. The van der Waals surface area contributed by atoms with Gasteiger partial charge in [-0.2, -0.15) is 0 Å². The maximum atomic E-state index is 2.36. The number of hydrogen-bond acceptors (Lipinski definition) is 0. The van der Waals surface area contributed by atoms with Crippen LogP contribution in [0.3, 0.4) is 0 Å². The van der Waals surface area contributed by atoms with Crippen LogP contribution in [-0.4, -0.2) is 0 Å². The van der Waals surface area contributed by atoms with E-state index in [9.17, 15) is 0 Å². The molecule has 0 aromatic heterocycles. The first-order valence-electron chi connectivity index (χ1n) is 8.55. The van der Waals surface area contributed by atoms with Crippen LogP contribution in [0.15, 0.2) is 72.8 Å². The van der Waals surface area contributed by atoms with Crippen molar-refractivity contribution < 1.29 is 51.0 Å². The van der Waals surface area contributed by atoms with Gasteiger partial charge in [0.25, 0.3) is 0 Å². The maximum Gasteiger partial charge on any atom is 2.00 e. The summed E-state index contributed by atoms with van der Waals surface area (Å²) in [5.74, 6) is 0. The van der Waals surface area contributed by atoms with Gasteiger partial charge in [0.05, 0.1) is 0 Å². The van der Waals surface area contributed by atoms with Crippen LogP contribution in [0.5, 0.6) is 0 Å². The molecule has 132 valence electrons. The molecule has 0 N–H and O–H groups in total. The smallest absolute Gasteiger partial charge is 1.00 e. The molecule has 0 nitrogen and oxygen atoms in total. The molecule has 0 bridgehead atoms. The predicted molar refractivity (Wildman–Crippen MR) is 102 cm³/mol. The second-order valence-corrected chi connectivity index (χ2v) is 6.64. The minimum Gasteiger partial charge on any atom is -1.00 e. The van der Waals surface area contributed by atoms with E-state index in [2.05, 4.69) is 84.9 Å². The van der Waals surface area contributed by atoms with Crippen molar-refractivity contribution in [2.24, 2.45) is 0 Å². The first kappa shape index (κ1) is 21.9. The van der Waals surface area contributed by atoms with Gasteiger partial charge in [-0.1, -0.05) is 84.9 Å². The largest absolute Gasteiger partial charge is 2.00 e. The third kappa shape index (κ3) is 4.07. The van der Waals surface area contributed by atoms with Crippen molar-refractivity contribution in [3.05, 3.63) is 106 Å². The van der Waals surface area contributed by atoms with Crippen LogP contribution >= 0.6 is 0 Å². The van der Waals surface area contributed by atoms with E-state index in [0.717, 1.165) is 12.8 Å². The third-order valence-corrected chi connectivity index (χ3v) is 5.15. The van der Waals surface area contributed by atoms with Crippen LogP contribution in [0, 0.1) is 0 Å². The number of benzene rings is 3. The van der Waals surface area contributed by atoms with E-state index in [4.69, 9.17) is 0 Å². The van der Waals surface area contributed by atoms with Gasteiger partial charge in [0, 0.05) is 0 Å². The van der Waals surface area contributed by atoms with Crippen LogP contribution in [0.25, 0.3) is 23.3 Å². The van der Waals surface area contributed by atoms with E-state index >= 15 is 0 Å². The van der Waals surface area contributed by atoms with E-state index in [1.165, 1.54) is 44.5 Å². The number of fused-ring (bicyclic) bond motifs is 2. The maximum absolute atomic E-state index is 2.36. The Bertz CT molecular complexity index is 936. The molecule has 0 amide bonds. The SMILES string of the molecule is C1=C(c2ccccc2C2=Cc3ccccc3C2)Cc2ccccc21.[Cl-].[Cl-].[Zr+2]. The number of allylic oxidation sites excluding steroid dienone is 2. The first-order chi connectivity index (χ1) is 11.9. The van der Waals surface area contributed by atoms with Crippen molar-refractivity contribution in [1.82, 2.24) is 0 Å². The summed E-state index contributed by atoms with van der Waals surface area (Å²) in [5.41, 5.74) is 11.2. The molecule has 3 heteroatoms. The van der Waals surface area contributed by atoms with Gasteiger partial charge < -0.3 is 24.8 Å². The molecule has 3 aromatic carbocycles. The summed E-state index contributed by atoms with van der Waals surface area (Å²) in [5, 5.41) is 0. The van der Waals surface area contributed by atoms with Crippen LogP contribution < -0.4 is 24.8 Å². The molecule has 3 aromatic rings. The van der Waals surface area contributed by atoms with Crippen molar-refractivity contribution in [3.63, 3.8) is 0 Å². The Balaban J connectivity index is 0.000000871. The molecule has 0 unspecified atom stereocenters. The number of rotatable bonds is 2. The third-order valence-electron chi connectivity index (χ3n) is 5.15. The summed E-state index contributed by atoms with van der Waals surface area (Å²) in [7, 11) is 0. The molecule has 0 saturated heterocycles. The Hall–Kier alpha value is -1.40. The number of halogens is 2. The molecule has 2 aliphatic rings. The molecule has 0 saturated carbocycles. The molecule has 0 aliphatic heterocycles. The second-order valence-electron chi connectivity index (χ2n) is 6.64. The quantitative estimate of drug-likeness (QED) is 0.493. The monoisotopic (exact) mass is 466 g/mol. The molecular formula is C24H18Cl2Zr. The average Bonchev–Trinajstić information content (AvgIpc) is 3.25. The molecule has 5 rings (SSSR count). The molecular weight excluding hydrogens is 450 g/mol. The van der Waals surface area contributed by atoms with E-state index in [-0.39, 0.29) is 51.0 Å². The summed E-state index contributed by atoms with van der Waals surface area (Å²) >= 11 is 0. The van der Waals surface area contributed by atoms with E-state index < -0.39 is 0 Å². The minimum atomic E-state index is 0. The summed E-state index contributed by atoms with van der Waals surface area (Å²) in [6.07, 6.45) is 6.79. The van der Waals surface area contributed by atoms with Gasteiger partial charge in [-0.15, -0.1) is 0 Å². The fourth-order valence-corrected chi connectivity index (χ4v) is 3.95. The van der Waals surface area contributed by atoms with Gasteiger partial charge in [-0.25, -0.2) is 0 Å². The predicted octanol–water partition coefficient (Wildman–Crippen LogP) is -0.114. The van der Waals surface area contributed by atoms with E-state index in [1.54, 1.807) is 0 Å². The molecule has 0 heterocycles. The zero-order valence-corrected chi connectivity index (χ0v) is 18.7. The fraction of sp³-hybridized carbons (Fsp3) is 0.0833. The zero-order valence-electron chi connectivity index (χ0n) is 14.8. The molecule has 0 spiro atoms. The normalized spacial score (nSPS) is 13.2. The molecule has 27 heavy (non-hydrogen) atoms. The Morgan fingerprint density at radius 1 is 0.481 bits per heavy atom. The number of hydrogen-bond donors (Lipinski definition) is 0. The molecule has 2 aliphatic carbocycles. The molecule has 0 radical (unpaired) electrons. The average molecular weight is 469 g/mol. The van der Waals surface area contributed by atoms with Gasteiger partial charge in [-0.05, 0) is 57.4 Å². The van der Waals surface area contributed by atoms with Crippen molar-refractivity contribution in [2.45, 2.75) is 12.8 Å².